The van der Waals surface area contributed by atoms with Gasteiger partial charge >= 0.3 is 6.03 Å². The maximum atomic E-state index is 12.4. The molecule has 2 aromatic carbocycles. The molecule has 1 aliphatic carbocycles. The van der Waals surface area contributed by atoms with Crippen molar-refractivity contribution in [1.29, 1.82) is 0 Å². The number of hydrogen-bond acceptors (Lipinski definition) is 3. The zero-order valence-corrected chi connectivity index (χ0v) is 17.1. The molecule has 0 bridgehead atoms. The Labute approximate surface area is 167 Å². The summed E-state index contributed by atoms with van der Waals surface area (Å²) in [6, 6.07) is 16.2. The van der Waals surface area contributed by atoms with Crippen molar-refractivity contribution in [2.45, 2.75) is 36.0 Å². The van der Waals surface area contributed by atoms with E-state index in [-0.39, 0.29) is 16.3 Å². The normalized spacial score (nSPS) is 16.1. The summed E-state index contributed by atoms with van der Waals surface area (Å²) in [6.45, 7) is 0.579. The number of benzene rings is 2. The molecule has 2 amide bonds. The summed E-state index contributed by atoms with van der Waals surface area (Å²) in [5.41, 5.74) is 1.81. The summed E-state index contributed by atoms with van der Waals surface area (Å²) in [6.07, 6.45) is 4.46. The third-order valence-electron chi connectivity index (χ3n) is 5.42. The highest BCUT2D eigenvalue weighted by Gasteiger charge is 2.35. The SMILES string of the molecule is CN(C)S(=O)(=O)c1ccc(NC(=O)NCC2(c3ccccc3)CCCC2)cc1. The van der Waals surface area contributed by atoms with E-state index in [0.29, 0.717) is 12.2 Å². The summed E-state index contributed by atoms with van der Waals surface area (Å²) in [5, 5.41) is 5.78. The highest BCUT2D eigenvalue weighted by molar-refractivity contribution is 7.89. The van der Waals surface area contributed by atoms with Gasteiger partial charge in [0, 0.05) is 31.7 Å². The van der Waals surface area contributed by atoms with Gasteiger partial charge in [0.25, 0.3) is 0 Å². The minimum absolute atomic E-state index is 0.0117. The lowest BCUT2D eigenvalue weighted by Gasteiger charge is -2.30. The third kappa shape index (κ3) is 4.36. The molecular weight excluding hydrogens is 374 g/mol. The standard InChI is InChI=1S/C21H27N3O3S/c1-24(2)28(26,27)19-12-10-18(11-13-19)23-20(25)22-16-21(14-6-7-15-21)17-8-4-3-5-9-17/h3-5,8-13H,6-7,14-16H2,1-2H3,(H2,22,23,25). The molecule has 2 N–H and O–H groups in total. The summed E-state index contributed by atoms with van der Waals surface area (Å²) in [7, 11) is -0.504. The van der Waals surface area contributed by atoms with E-state index in [9.17, 15) is 13.2 Å². The van der Waals surface area contributed by atoms with Crippen LogP contribution in [-0.2, 0) is 15.4 Å². The lowest BCUT2D eigenvalue weighted by atomic mass is 9.79. The number of carbonyl (C=O) groups is 1. The second kappa shape index (κ2) is 8.32. The predicted molar refractivity (Wildman–Crippen MR) is 111 cm³/mol. The van der Waals surface area contributed by atoms with Crippen LogP contribution < -0.4 is 10.6 Å². The predicted octanol–water partition coefficient (Wildman–Crippen LogP) is 3.57. The van der Waals surface area contributed by atoms with Crippen molar-refractivity contribution in [2.75, 3.05) is 26.0 Å². The van der Waals surface area contributed by atoms with Gasteiger partial charge in [0.15, 0.2) is 0 Å². The Morgan fingerprint density at radius 1 is 1.00 bits per heavy atom. The van der Waals surface area contributed by atoms with E-state index in [1.807, 2.05) is 18.2 Å². The lowest BCUT2D eigenvalue weighted by Crippen LogP contribution is -2.40. The van der Waals surface area contributed by atoms with Gasteiger partial charge in [0.05, 0.1) is 4.90 Å². The van der Waals surface area contributed by atoms with E-state index in [1.54, 1.807) is 12.1 Å². The molecule has 0 radical (unpaired) electrons. The molecule has 7 heteroatoms. The molecule has 0 aromatic heterocycles. The van der Waals surface area contributed by atoms with Gasteiger partial charge in [-0.2, -0.15) is 0 Å². The minimum atomic E-state index is -3.48. The monoisotopic (exact) mass is 401 g/mol. The molecule has 150 valence electrons. The Morgan fingerprint density at radius 3 is 2.18 bits per heavy atom. The minimum Gasteiger partial charge on any atom is -0.337 e. The maximum absolute atomic E-state index is 12.4. The number of amides is 2. The van der Waals surface area contributed by atoms with Crippen LogP contribution in [0.15, 0.2) is 59.5 Å². The average molecular weight is 402 g/mol. The van der Waals surface area contributed by atoms with E-state index in [0.717, 1.165) is 17.1 Å². The topological polar surface area (TPSA) is 78.5 Å². The molecule has 1 saturated carbocycles. The molecule has 2 aromatic rings. The summed E-state index contributed by atoms with van der Waals surface area (Å²) < 4.78 is 25.4. The highest BCUT2D eigenvalue weighted by atomic mass is 32.2. The number of urea groups is 1. The van der Waals surface area contributed by atoms with Gasteiger partial charge in [0.2, 0.25) is 10.0 Å². The van der Waals surface area contributed by atoms with Crippen LogP contribution in [0.4, 0.5) is 10.5 Å². The number of rotatable bonds is 6. The second-order valence-electron chi connectivity index (χ2n) is 7.47. The van der Waals surface area contributed by atoms with Gasteiger partial charge < -0.3 is 10.6 Å². The van der Waals surface area contributed by atoms with Gasteiger partial charge in [-0.05, 0) is 42.7 Å². The molecule has 3 rings (SSSR count). The molecule has 0 atom stereocenters. The fourth-order valence-electron chi connectivity index (χ4n) is 3.76. The van der Waals surface area contributed by atoms with Crippen molar-refractivity contribution >= 4 is 21.7 Å². The number of nitrogens with zero attached hydrogens (tertiary/aromatic N) is 1. The van der Waals surface area contributed by atoms with Crippen molar-refractivity contribution in [1.82, 2.24) is 9.62 Å². The average Bonchev–Trinajstić information content (AvgIpc) is 3.18. The summed E-state index contributed by atoms with van der Waals surface area (Å²) in [5.74, 6) is 0. The first-order valence-corrected chi connectivity index (χ1v) is 10.9. The zero-order valence-electron chi connectivity index (χ0n) is 16.3. The first kappa shape index (κ1) is 20.4. The fraction of sp³-hybridized carbons (Fsp3) is 0.381. The Kier molecular flexibility index (Phi) is 6.05. The number of nitrogens with one attached hydrogen (secondary N) is 2. The van der Waals surface area contributed by atoms with Gasteiger partial charge in [-0.15, -0.1) is 0 Å². The summed E-state index contributed by atoms with van der Waals surface area (Å²) in [4.78, 5) is 12.6. The lowest BCUT2D eigenvalue weighted by molar-refractivity contribution is 0.248. The van der Waals surface area contributed by atoms with Crippen LogP contribution in [0.3, 0.4) is 0 Å². The van der Waals surface area contributed by atoms with E-state index in [2.05, 4.69) is 22.8 Å². The van der Waals surface area contributed by atoms with Crippen LogP contribution in [0.1, 0.15) is 31.2 Å². The Bertz CT molecular complexity index is 904. The van der Waals surface area contributed by atoms with E-state index in [4.69, 9.17) is 0 Å². The smallest absolute Gasteiger partial charge is 0.319 e. The molecule has 0 aliphatic heterocycles. The van der Waals surface area contributed by atoms with Crippen LogP contribution in [-0.4, -0.2) is 39.4 Å². The Morgan fingerprint density at radius 2 is 1.61 bits per heavy atom. The molecule has 1 fully saturated rings. The molecule has 0 heterocycles. The first-order chi connectivity index (χ1) is 13.3. The fourth-order valence-corrected chi connectivity index (χ4v) is 4.66. The molecule has 0 unspecified atom stereocenters. The third-order valence-corrected chi connectivity index (χ3v) is 7.25. The first-order valence-electron chi connectivity index (χ1n) is 9.46. The molecular formula is C21H27N3O3S. The van der Waals surface area contributed by atoms with E-state index < -0.39 is 10.0 Å². The van der Waals surface area contributed by atoms with Gasteiger partial charge in [0.1, 0.15) is 0 Å². The van der Waals surface area contributed by atoms with Gasteiger partial charge in [-0.3, -0.25) is 0 Å². The van der Waals surface area contributed by atoms with Gasteiger partial charge in [-0.25, -0.2) is 17.5 Å². The molecule has 1 aliphatic rings. The van der Waals surface area contributed by atoms with Crippen LogP contribution in [0.5, 0.6) is 0 Å². The molecule has 28 heavy (non-hydrogen) atoms. The number of anilines is 1. The van der Waals surface area contributed by atoms with Crippen molar-refractivity contribution in [2.24, 2.45) is 0 Å². The van der Waals surface area contributed by atoms with E-state index >= 15 is 0 Å². The molecule has 0 spiro atoms. The highest BCUT2D eigenvalue weighted by Crippen LogP contribution is 2.40. The van der Waals surface area contributed by atoms with Crippen molar-refractivity contribution < 1.29 is 13.2 Å². The maximum Gasteiger partial charge on any atom is 0.319 e. The Balaban J connectivity index is 1.63. The Hall–Kier alpha value is -2.38. The molecule has 0 saturated heterocycles. The van der Waals surface area contributed by atoms with Crippen LogP contribution in [0, 0.1) is 0 Å². The van der Waals surface area contributed by atoms with Crippen molar-refractivity contribution in [3.8, 4) is 0 Å². The van der Waals surface area contributed by atoms with Gasteiger partial charge in [-0.1, -0.05) is 43.2 Å². The largest absolute Gasteiger partial charge is 0.337 e. The van der Waals surface area contributed by atoms with Crippen molar-refractivity contribution in [3.05, 3.63) is 60.2 Å². The van der Waals surface area contributed by atoms with E-state index in [1.165, 1.54) is 44.6 Å². The van der Waals surface area contributed by atoms with Crippen molar-refractivity contribution in [3.63, 3.8) is 0 Å². The van der Waals surface area contributed by atoms with Crippen LogP contribution in [0.2, 0.25) is 0 Å². The summed E-state index contributed by atoms with van der Waals surface area (Å²) >= 11 is 0. The quantitative estimate of drug-likeness (QED) is 0.777. The number of sulfonamides is 1. The second-order valence-corrected chi connectivity index (χ2v) is 9.62. The van der Waals surface area contributed by atoms with Crippen LogP contribution in [0.25, 0.3) is 0 Å². The van der Waals surface area contributed by atoms with Crippen LogP contribution >= 0.6 is 0 Å². The number of carbonyl (C=O) groups excluding carboxylic acids is 1. The number of hydrogen-bond donors (Lipinski definition) is 2. The molecule has 6 nitrogen and oxygen atoms in total. The zero-order chi connectivity index (χ0) is 20.2.